The molecule has 0 bridgehead atoms. The average molecular weight is 396 g/mol. The van der Waals surface area contributed by atoms with Crippen molar-refractivity contribution < 1.29 is 28.3 Å². The molecule has 0 unspecified atom stereocenters. The number of methoxy groups -OCH3 is 1. The highest BCUT2D eigenvalue weighted by molar-refractivity contribution is 5.99. The first-order chi connectivity index (χ1) is 13.9. The van der Waals surface area contributed by atoms with Gasteiger partial charge in [-0.05, 0) is 31.2 Å². The predicted molar refractivity (Wildman–Crippen MR) is 107 cm³/mol. The van der Waals surface area contributed by atoms with Gasteiger partial charge < -0.3 is 24.5 Å². The topological polar surface area (TPSA) is 107 Å². The average Bonchev–Trinajstić information content (AvgIpc) is 3.03. The van der Waals surface area contributed by atoms with E-state index in [2.05, 4.69) is 10.6 Å². The van der Waals surface area contributed by atoms with Gasteiger partial charge in [-0.2, -0.15) is 0 Å². The first-order valence-corrected chi connectivity index (χ1v) is 8.79. The Morgan fingerprint density at radius 2 is 1.83 bits per heavy atom. The maximum Gasteiger partial charge on any atom is 0.375 e. The number of furan rings is 1. The molecule has 3 rings (SSSR count). The molecule has 0 radical (unpaired) electrons. The number of rotatable bonds is 6. The summed E-state index contributed by atoms with van der Waals surface area (Å²) >= 11 is 0. The van der Waals surface area contributed by atoms with Crippen molar-refractivity contribution >= 4 is 40.1 Å². The van der Waals surface area contributed by atoms with Crippen molar-refractivity contribution in [1.29, 1.82) is 0 Å². The number of amides is 2. The molecule has 2 aromatic carbocycles. The van der Waals surface area contributed by atoms with E-state index < -0.39 is 18.5 Å². The Morgan fingerprint density at radius 3 is 2.52 bits per heavy atom. The van der Waals surface area contributed by atoms with Gasteiger partial charge in [-0.3, -0.25) is 9.59 Å². The quantitative estimate of drug-likeness (QED) is 0.618. The summed E-state index contributed by atoms with van der Waals surface area (Å²) in [6.07, 6.45) is 0. The van der Waals surface area contributed by atoms with Gasteiger partial charge in [0.05, 0.1) is 12.8 Å². The number of hydrogen-bond donors (Lipinski definition) is 2. The van der Waals surface area contributed by atoms with E-state index in [-0.39, 0.29) is 11.7 Å². The van der Waals surface area contributed by atoms with Crippen LogP contribution in [-0.2, 0) is 14.3 Å². The highest BCUT2D eigenvalue weighted by Crippen LogP contribution is 2.28. The Morgan fingerprint density at radius 1 is 1.07 bits per heavy atom. The summed E-state index contributed by atoms with van der Waals surface area (Å²) in [4.78, 5) is 35.8. The Labute approximate surface area is 166 Å². The summed E-state index contributed by atoms with van der Waals surface area (Å²) in [5, 5.41) is 6.03. The van der Waals surface area contributed by atoms with E-state index >= 15 is 0 Å². The van der Waals surface area contributed by atoms with Gasteiger partial charge in [0.1, 0.15) is 11.3 Å². The maximum absolute atomic E-state index is 12.3. The van der Waals surface area contributed by atoms with Crippen molar-refractivity contribution in [3.05, 3.63) is 53.8 Å². The fourth-order valence-corrected chi connectivity index (χ4v) is 2.84. The molecule has 1 aromatic heterocycles. The summed E-state index contributed by atoms with van der Waals surface area (Å²) in [5.41, 5.74) is 2.04. The second-order valence-electron chi connectivity index (χ2n) is 6.27. The van der Waals surface area contributed by atoms with Crippen LogP contribution in [0.5, 0.6) is 5.75 Å². The van der Waals surface area contributed by atoms with Crippen LogP contribution in [0.25, 0.3) is 11.0 Å². The number of carbonyl (C=O) groups is 3. The molecule has 3 aromatic rings. The summed E-state index contributed by atoms with van der Waals surface area (Å²) in [5.74, 6) is -1.09. The zero-order valence-corrected chi connectivity index (χ0v) is 16.2. The van der Waals surface area contributed by atoms with Crippen molar-refractivity contribution in [2.45, 2.75) is 13.8 Å². The number of hydrogen-bond acceptors (Lipinski definition) is 6. The number of aryl methyl sites for hydroxylation is 1. The number of carbonyl (C=O) groups excluding carboxylic acids is 3. The molecular formula is C21H20N2O6. The third-order valence-electron chi connectivity index (χ3n) is 4.16. The minimum atomic E-state index is -0.729. The lowest BCUT2D eigenvalue weighted by atomic mass is 10.1. The van der Waals surface area contributed by atoms with Crippen molar-refractivity contribution in [3.63, 3.8) is 0 Å². The molecule has 2 amide bonds. The summed E-state index contributed by atoms with van der Waals surface area (Å²) < 4.78 is 15.8. The molecule has 29 heavy (non-hydrogen) atoms. The fraction of sp³-hybridized carbons (Fsp3) is 0.190. The molecular weight excluding hydrogens is 376 g/mol. The Bertz CT molecular complexity index is 1090. The molecule has 0 aliphatic rings. The number of anilines is 2. The first-order valence-electron chi connectivity index (χ1n) is 8.79. The smallest absolute Gasteiger partial charge is 0.375 e. The number of para-hydroxylation sites is 1. The van der Waals surface area contributed by atoms with Crippen LogP contribution in [0.4, 0.5) is 11.4 Å². The van der Waals surface area contributed by atoms with Crippen LogP contribution in [0.3, 0.4) is 0 Å². The Kier molecular flexibility index (Phi) is 5.82. The first kappa shape index (κ1) is 19.9. The zero-order chi connectivity index (χ0) is 21.0. The lowest BCUT2D eigenvalue weighted by Gasteiger charge is -2.12. The molecule has 0 fully saturated rings. The van der Waals surface area contributed by atoms with Crippen molar-refractivity contribution in [1.82, 2.24) is 0 Å². The zero-order valence-electron chi connectivity index (χ0n) is 16.2. The van der Waals surface area contributed by atoms with Crippen molar-refractivity contribution in [3.8, 4) is 5.75 Å². The van der Waals surface area contributed by atoms with E-state index in [9.17, 15) is 14.4 Å². The van der Waals surface area contributed by atoms with Gasteiger partial charge in [0.25, 0.3) is 5.91 Å². The molecule has 0 aliphatic carbocycles. The van der Waals surface area contributed by atoms with Crippen LogP contribution < -0.4 is 15.4 Å². The van der Waals surface area contributed by atoms with Gasteiger partial charge in [0.15, 0.2) is 6.61 Å². The number of esters is 1. The molecule has 2 N–H and O–H groups in total. The van der Waals surface area contributed by atoms with Gasteiger partial charge in [0.2, 0.25) is 11.7 Å². The number of benzene rings is 2. The molecule has 0 spiro atoms. The van der Waals surface area contributed by atoms with E-state index in [0.29, 0.717) is 28.3 Å². The standard InChI is InChI=1S/C21H20N2O6/c1-12-15-6-4-5-7-17(15)29-20(12)21(26)28-11-19(25)23-16-10-14(22-13(2)24)8-9-18(16)27-3/h4-10H,11H2,1-3H3,(H,22,24)(H,23,25). The molecule has 1 heterocycles. The minimum absolute atomic E-state index is 0.0595. The van der Waals surface area contributed by atoms with E-state index in [0.717, 1.165) is 5.39 Å². The highest BCUT2D eigenvalue weighted by Gasteiger charge is 2.20. The highest BCUT2D eigenvalue weighted by atomic mass is 16.5. The van der Waals surface area contributed by atoms with Gasteiger partial charge in [0, 0.05) is 23.6 Å². The van der Waals surface area contributed by atoms with Crippen LogP contribution in [0.2, 0.25) is 0 Å². The molecule has 0 aliphatic heterocycles. The van der Waals surface area contributed by atoms with Crippen molar-refractivity contribution in [2.24, 2.45) is 0 Å². The van der Waals surface area contributed by atoms with Crippen LogP contribution in [0.1, 0.15) is 23.0 Å². The predicted octanol–water partition coefficient (Wildman–Crippen LogP) is 3.50. The summed E-state index contributed by atoms with van der Waals surface area (Å²) in [7, 11) is 1.45. The largest absolute Gasteiger partial charge is 0.495 e. The number of nitrogens with one attached hydrogen (secondary N) is 2. The Balaban J connectivity index is 1.67. The van der Waals surface area contributed by atoms with Gasteiger partial charge in [-0.1, -0.05) is 18.2 Å². The molecule has 0 saturated carbocycles. The Hall–Kier alpha value is -3.81. The third-order valence-corrected chi connectivity index (χ3v) is 4.16. The van der Waals surface area contributed by atoms with Crippen LogP contribution in [-0.4, -0.2) is 31.5 Å². The molecule has 150 valence electrons. The second-order valence-corrected chi connectivity index (χ2v) is 6.27. The number of ether oxygens (including phenoxy) is 2. The van der Waals surface area contributed by atoms with E-state index in [1.54, 1.807) is 37.3 Å². The normalized spacial score (nSPS) is 10.4. The lowest BCUT2D eigenvalue weighted by Crippen LogP contribution is -2.21. The van der Waals surface area contributed by atoms with Gasteiger partial charge >= 0.3 is 5.97 Å². The number of fused-ring (bicyclic) bond motifs is 1. The second kappa shape index (κ2) is 8.47. The monoisotopic (exact) mass is 396 g/mol. The molecule has 8 nitrogen and oxygen atoms in total. The van der Waals surface area contributed by atoms with E-state index in [4.69, 9.17) is 13.9 Å². The molecule has 8 heteroatoms. The van der Waals surface area contributed by atoms with Gasteiger partial charge in [-0.25, -0.2) is 4.79 Å². The minimum Gasteiger partial charge on any atom is -0.495 e. The van der Waals surface area contributed by atoms with Gasteiger partial charge in [-0.15, -0.1) is 0 Å². The molecule has 0 atom stereocenters. The lowest BCUT2D eigenvalue weighted by molar-refractivity contribution is -0.119. The fourth-order valence-electron chi connectivity index (χ4n) is 2.84. The van der Waals surface area contributed by atoms with E-state index in [1.807, 2.05) is 12.1 Å². The molecule has 0 saturated heterocycles. The van der Waals surface area contributed by atoms with E-state index in [1.165, 1.54) is 14.0 Å². The van der Waals surface area contributed by atoms with Crippen LogP contribution >= 0.6 is 0 Å². The summed E-state index contributed by atoms with van der Waals surface area (Å²) in [6.45, 7) is 2.62. The SMILES string of the molecule is COc1ccc(NC(C)=O)cc1NC(=O)COC(=O)c1oc2ccccc2c1C. The van der Waals surface area contributed by atoms with Crippen LogP contribution in [0, 0.1) is 6.92 Å². The third kappa shape index (κ3) is 4.55. The van der Waals surface area contributed by atoms with Crippen LogP contribution in [0.15, 0.2) is 46.9 Å². The summed E-state index contributed by atoms with van der Waals surface area (Å²) in [6, 6.07) is 12.0. The van der Waals surface area contributed by atoms with Crippen molar-refractivity contribution in [2.75, 3.05) is 24.4 Å². The maximum atomic E-state index is 12.3.